The van der Waals surface area contributed by atoms with Crippen molar-refractivity contribution >= 4 is 6.03 Å². The van der Waals surface area contributed by atoms with Crippen LogP contribution in [0.3, 0.4) is 0 Å². The van der Waals surface area contributed by atoms with Gasteiger partial charge in [-0.3, -0.25) is 0 Å². The van der Waals surface area contributed by atoms with Gasteiger partial charge in [0.1, 0.15) is 0 Å². The summed E-state index contributed by atoms with van der Waals surface area (Å²) in [6.07, 6.45) is 8.42. The second-order valence-corrected chi connectivity index (χ2v) is 6.12. The molecular weight excluding hydrogens is 276 g/mol. The lowest BCUT2D eigenvalue weighted by Crippen LogP contribution is -2.45. The van der Waals surface area contributed by atoms with E-state index in [0.29, 0.717) is 13.1 Å². The highest BCUT2D eigenvalue weighted by atomic mass is 16.3. The number of carbonyl (C=O) groups is 1. The van der Waals surface area contributed by atoms with E-state index < -0.39 is 0 Å². The summed E-state index contributed by atoms with van der Waals surface area (Å²) in [4.78, 5) is 14.2. The van der Waals surface area contributed by atoms with E-state index in [1.165, 1.54) is 32.1 Å². The predicted molar refractivity (Wildman–Crippen MR) is 88.6 cm³/mol. The minimum atomic E-state index is -0.0523. The summed E-state index contributed by atoms with van der Waals surface area (Å²) in [6, 6.07) is 10.2. The monoisotopic (exact) mass is 304 g/mol. The highest BCUT2D eigenvalue weighted by Crippen LogP contribution is 2.17. The third kappa shape index (κ3) is 5.68. The maximum absolute atomic E-state index is 12.5. The molecule has 2 rings (SSSR count). The van der Waals surface area contributed by atoms with Crippen molar-refractivity contribution in [1.29, 1.82) is 0 Å². The molecule has 2 amide bonds. The number of carbonyl (C=O) groups excluding carboxylic acids is 1. The van der Waals surface area contributed by atoms with Gasteiger partial charge in [-0.25, -0.2) is 4.79 Å². The van der Waals surface area contributed by atoms with Crippen molar-refractivity contribution in [3.63, 3.8) is 0 Å². The number of hydrogen-bond acceptors (Lipinski definition) is 2. The zero-order valence-corrected chi connectivity index (χ0v) is 13.3. The molecule has 0 radical (unpaired) electrons. The third-order valence-corrected chi connectivity index (χ3v) is 4.31. The molecular formula is C18H28N2O2. The Balaban J connectivity index is 1.90. The van der Waals surface area contributed by atoms with Crippen LogP contribution in [0.15, 0.2) is 30.3 Å². The normalized spacial score (nSPS) is 16.6. The van der Waals surface area contributed by atoms with Crippen LogP contribution in [-0.2, 0) is 6.54 Å². The number of nitrogens with one attached hydrogen (secondary N) is 1. The smallest absolute Gasteiger partial charge is 0.317 e. The van der Waals surface area contributed by atoms with E-state index in [0.717, 1.165) is 18.4 Å². The topological polar surface area (TPSA) is 52.6 Å². The van der Waals surface area contributed by atoms with Gasteiger partial charge in [-0.2, -0.15) is 0 Å². The van der Waals surface area contributed by atoms with E-state index >= 15 is 0 Å². The largest absolute Gasteiger partial charge is 0.395 e. The molecule has 0 atom stereocenters. The van der Waals surface area contributed by atoms with Crippen molar-refractivity contribution in [2.75, 3.05) is 13.2 Å². The van der Waals surface area contributed by atoms with Crippen molar-refractivity contribution in [2.24, 2.45) is 0 Å². The maximum Gasteiger partial charge on any atom is 0.317 e. The molecule has 0 saturated heterocycles. The number of aliphatic hydroxyl groups is 1. The maximum atomic E-state index is 12.5. The highest BCUT2D eigenvalue weighted by molar-refractivity contribution is 5.74. The first-order valence-corrected chi connectivity index (χ1v) is 8.50. The molecule has 22 heavy (non-hydrogen) atoms. The molecule has 1 saturated carbocycles. The van der Waals surface area contributed by atoms with Gasteiger partial charge in [0.2, 0.25) is 0 Å². The SMILES string of the molecule is O=C(NC1CCCCCCC1)N(CCO)Cc1ccccc1. The van der Waals surface area contributed by atoms with Crippen LogP contribution in [0, 0.1) is 0 Å². The van der Waals surface area contributed by atoms with Crippen LogP contribution in [0.5, 0.6) is 0 Å². The van der Waals surface area contributed by atoms with Gasteiger partial charge < -0.3 is 15.3 Å². The summed E-state index contributed by atoms with van der Waals surface area (Å²) >= 11 is 0. The number of benzene rings is 1. The minimum Gasteiger partial charge on any atom is -0.395 e. The molecule has 1 aliphatic rings. The van der Waals surface area contributed by atoms with Gasteiger partial charge in [0.25, 0.3) is 0 Å². The van der Waals surface area contributed by atoms with Crippen molar-refractivity contribution in [2.45, 2.75) is 57.5 Å². The lowest BCUT2D eigenvalue weighted by molar-refractivity contribution is 0.169. The number of hydrogen-bond donors (Lipinski definition) is 2. The Morgan fingerprint density at radius 3 is 2.36 bits per heavy atom. The molecule has 4 nitrogen and oxygen atoms in total. The van der Waals surface area contributed by atoms with Crippen molar-refractivity contribution < 1.29 is 9.90 Å². The lowest BCUT2D eigenvalue weighted by atomic mass is 9.97. The Hall–Kier alpha value is -1.55. The summed E-state index contributed by atoms with van der Waals surface area (Å²) in [5.74, 6) is 0. The van der Waals surface area contributed by atoms with E-state index in [2.05, 4.69) is 5.32 Å². The first-order valence-electron chi connectivity index (χ1n) is 8.50. The molecule has 0 aromatic heterocycles. The summed E-state index contributed by atoms with van der Waals surface area (Å²) in [5, 5.41) is 12.4. The van der Waals surface area contributed by atoms with Gasteiger partial charge in [0, 0.05) is 19.1 Å². The second-order valence-electron chi connectivity index (χ2n) is 6.12. The average molecular weight is 304 g/mol. The Morgan fingerprint density at radius 1 is 1.09 bits per heavy atom. The molecule has 1 aromatic carbocycles. The van der Waals surface area contributed by atoms with Crippen LogP contribution in [0.2, 0.25) is 0 Å². The standard InChI is InChI=1S/C18H28N2O2/c21-14-13-20(15-16-9-5-4-6-10-16)18(22)19-17-11-7-2-1-3-8-12-17/h4-6,9-10,17,21H,1-3,7-8,11-15H2,(H,19,22). The minimum absolute atomic E-state index is 0.00901. The van der Waals surface area contributed by atoms with Gasteiger partial charge >= 0.3 is 6.03 Å². The summed E-state index contributed by atoms with van der Waals surface area (Å²) < 4.78 is 0. The molecule has 1 aromatic rings. The van der Waals surface area contributed by atoms with Gasteiger partial charge in [-0.15, -0.1) is 0 Å². The van der Waals surface area contributed by atoms with Crippen LogP contribution in [-0.4, -0.2) is 35.2 Å². The summed E-state index contributed by atoms with van der Waals surface area (Å²) in [6.45, 7) is 0.901. The third-order valence-electron chi connectivity index (χ3n) is 4.31. The number of urea groups is 1. The molecule has 0 bridgehead atoms. The fraction of sp³-hybridized carbons (Fsp3) is 0.611. The number of nitrogens with zero attached hydrogens (tertiary/aromatic N) is 1. The lowest BCUT2D eigenvalue weighted by Gasteiger charge is -2.27. The first kappa shape index (κ1) is 16.8. The number of amides is 2. The predicted octanol–water partition coefficient (Wildman–Crippen LogP) is 3.30. The molecule has 0 unspecified atom stereocenters. The van der Waals surface area contributed by atoms with E-state index in [4.69, 9.17) is 0 Å². The first-order chi connectivity index (χ1) is 10.8. The van der Waals surface area contributed by atoms with E-state index in [1.54, 1.807) is 4.90 Å². The van der Waals surface area contributed by atoms with Crippen molar-refractivity contribution in [1.82, 2.24) is 10.2 Å². The molecule has 122 valence electrons. The van der Waals surface area contributed by atoms with E-state index in [9.17, 15) is 9.90 Å². The fourth-order valence-electron chi connectivity index (χ4n) is 3.04. The molecule has 0 heterocycles. The molecule has 4 heteroatoms. The van der Waals surface area contributed by atoms with E-state index in [-0.39, 0.29) is 18.7 Å². The van der Waals surface area contributed by atoms with Gasteiger partial charge in [-0.05, 0) is 18.4 Å². The summed E-state index contributed by atoms with van der Waals surface area (Å²) in [7, 11) is 0. The quantitative estimate of drug-likeness (QED) is 0.877. The number of aliphatic hydroxyl groups excluding tert-OH is 1. The van der Waals surface area contributed by atoms with Crippen molar-refractivity contribution in [3.05, 3.63) is 35.9 Å². The van der Waals surface area contributed by atoms with Crippen LogP contribution >= 0.6 is 0 Å². The Labute approximate surface area is 133 Å². The second kappa shape index (κ2) is 9.46. The molecule has 1 fully saturated rings. The average Bonchev–Trinajstić information content (AvgIpc) is 2.50. The summed E-state index contributed by atoms with van der Waals surface area (Å²) in [5.41, 5.74) is 1.09. The van der Waals surface area contributed by atoms with Gasteiger partial charge in [0.05, 0.1) is 6.61 Å². The van der Waals surface area contributed by atoms with Gasteiger partial charge in [-0.1, -0.05) is 62.4 Å². The fourth-order valence-corrected chi connectivity index (χ4v) is 3.04. The molecule has 1 aliphatic carbocycles. The highest BCUT2D eigenvalue weighted by Gasteiger charge is 2.18. The molecule has 2 N–H and O–H groups in total. The molecule has 0 spiro atoms. The van der Waals surface area contributed by atoms with Crippen molar-refractivity contribution in [3.8, 4) is 0 Å². The Morgan fingerprint density at radius 2 is 1.73 bits per heavy atom. The Kier molecular flexibility index (Phi) is 7.23. The van der Waals surface area contributed by atoms with Crippen LogP contribution in [0.25, 0.3) is 0 Å². The van der Waals surface area contributed by atoms with Gasteiger partial charge in [0.15, 0.2) is 0 Å². The van der Waals surface area contributed by atoms with Crippen LogP contribution in [0.1, 0.15) is 50.5 Å². The van der Waals surface area contributed by atoms with Crippen LogP contribution < -0.4 is 5.32 Å². The molecule has 0 aliphatic heterocycles. The number of rotatable bonds is 5. The zero-order chi connectivity index (χ0) is 15.6. The van der Waals surface area contributed by atoms with Crippen LogP contribution in [0.4, 0.5) is 4.79 Å². The van der Waals surface area contributed by atoms with E-state index in [1.807, 2.05) is 30.3 Å². The Bertz CT molecular complexity index is 428. The zero-order valence-electron chi connectivity index (χ0n) is 13.3.